The van der Waals surface area contributed by atoms with Crippen molar-refractivity contribution in [1.82, 2.24) is 14.1 Å². The maximum absolute atomic E-state index is 4.66. The molecule has 0 bridgehead atoms. The van der Waals surface area contributed by atoms with Gasteiger partial charge in [0.05, 0.1) is 11.0 Å². The first-order valence-electron chi connectivity index (χ1n) is 11.9. The van der Waals surface area contributed by atoms with Gasteiger partial charge in [-0.1, -0.05) is 64.9 Å². The van der Waals surface area contributed by atoms with E-state index in [1.807, 2.05) is 30.0 Å². The second kappa shape index (κ2) is 8.35. The van der Waals surface area contributed by atoms with Crippen LogP contribution < -0.4 is 4.58 Å². The summed E-state index contributed by atoms with van der Waals surface area (Å²) in [5.74, 6) is 0.927. The third-order valence-corrected chi connectivity index (χ3v) is 7.55. The van der Waals surface area contributed by atoms with Crippen molar-refractivity contribution in [3.05, 3.63) is 115 Å². The molecule has 3 heterocycles. The van der Waals surface area contributed by atoms with Crippen LogP contribution in [0.2, 0.25) is 0 Å². The molecule has 36 heavy (non-hydrogen) atoms. The number of nitrogens with zero attached hydrogens (tertiary/aromatic N) is 4. The summed E-state index contributed by atoms with van der Waals surface area (Å²) in [6.45, 7) is 0. The molecule has 1 aliphatic rings. The van der Waals surface area contributed by atoms with Gasteiger partial charge in [0.2, 0.25) is 5.69 Å². The van der Waals surface area contributed by atoms with Crippen molar-refractivity contribution in [2.24, 2.45) is 0 Å². The highest BCUT2D eigenvalue weighted by Gasteiger charge is 2.32. The summed E-state index contributed by atoms with van der Waals surface area (Å²) in [7, 11) is 2.04. The molecule has 0 fully saturated rings. The minimum absolute atomic E-state index is 0.927. The van der Waals surface area contributed by atoms with E-state index < -0.39 is 0 Å². The molecule has 0 spiro atoms. The summed E-state index contributed by atoms with van der Waals surface area (Å²) in [5.41, 5.74) is 5.72. The number of para-hydroxylation sites is 3. The van der Waals surface area contributed by atoms with E-state index in [0.717, 1.165) is 28.4 Å². The van der Waals surface area contributed by atoms with Gasteiger partial charge in [0.15, 0.2) is 7.05 Å². The molecule has 0 saturated heterocycles. The van der Waals surface area contributed by atoms with Crippen LogP contribution in [0, 0.1) is 0 Å². The Bertz CT molecular complexity index is 1860. The zero-order chi connectivity index (χ0) is 24.1. The fourth-order valence-corrected chi connectivity index (χ4v) is 5.87. The minimum Gasteiger partial charge on any atom is -0.294 e. The summed E-state index contributed by atoms with van der Waals surface area (Å²) in [4.78, 5) is 7.02. The zero-order valence-corrected chi connectivity index (χ0v) is 20.5. The van der Waals surface area contributed by atoms with E-state index in [1.54, 1.807) is 11.8 Å². The first-order chi connectivity index (χ1) is 17.8. The lowest BCUT2D eigenvalue weighted by Gasteiger charge is -2.07. The second-order valence-electron chi connectivity index (χ2n) is 8.80. The van der Waals surface area contributed by atoms with E-state index in [9.17, 15) is 0 Å². The van der Waals surface area contributed by atoms with Crippen molar-refractivity contribution in [3.63, 3.8) is 0 Å². The first kappa shape index (κ1) is 20.9. The van der Waals surface area contributed by atoms with Crippen LogP contribution in [0.4, 0.5) is 17.1 Å². The highest BCUT2D eigenvalue weighted by Crippen LogP contribution is 2.38. The number of hydrogen-bond donors (Lipinski definition) is 0. The van der Waals surface area contributed by atoms with Crippen molar-refractivity contribution < 1.29 is 4.58 Å². The second-order valence-corrected chi connectivity index (χ2v) is 9.95. The molecule has 7 rings (SSSR count). The third-order valence-electron chi connectivity index (χ3n) is 6.57. The summed E-state index contributed by atoms with van der Waals surface area (Å²) >= 11 is 1.77. The lowest BCUT2D eigenvalue weighted by molar-refractivity contribution is -0.394. The van der Waals surface area contributed by atoms with E-state index in [2.05, 4.69) is 117 Å². The quantitative estimate of drug-likeness (QED) is 0.241. The van der Waals surface area contributed by atoms with Crippen LogP contribution in [0.1, 0.15) is 0 Å². The van der Waals surface area contributed by atoms with E-state index >= 15 is 0 Å². The molecule has 0 radical (unpaired) electrons. The predicted molar refractivity (Wildman–Crippen MR) is 148 cm³/mol. The molecule has 0 atom stereocenters. The molecule has 170 valence electrons. The van der Waals surface area contributed by atoms with Crippen LogP contribution in [0.25, 0.3) is 27.6 Å². The van der Waals surface area contributed by atoms with Gasteiger partial charge in [-0.2, -0.15) is 0 Å². The molecule has 6 aromatic rings. The number of pyridine rings is 1. The molecule has 4 nitrogen and oxygen atoms in total. The number of aromatic nitrogens is 2. The maximum Gasteiger partial charge on any atom is 0.496 e. The summed E-state index contributed by atoms with van der Waals surface area (Å²) in [5, 5.41) is 2.47. The molecule has 4 aromatic carbocycles. The number of hydrogen-bond acceptors (Lipinski definition) is 2. The van der Waals surface area contributed by atoms with Crippen LogP contribution in [0.5, 0.6) is 0 Å². The van der Waals surface area contributed by atoms with Gasteiger partial charge in [-0.15, -0.1) is 0 Å². The molecule has 0 unspecified atom stereocenters. The predicted octanol–water partition coefficient (Wildman–Crippen LogP) is 7.63. The maximum atomic E-state index is 4.66. The van der Waals surface area contributed by atoms with Gasteiger partial charge in [-0.3, -0.25) is 4.57 Å². The lowest BCUT2D eigenvalue weighted by Crippen LogP contribution is -1.99. The van der Waals surface area contributed by atoms with E-state index in [1.165, 1.54) is 26.1 Å². The molecule has 0 N–H and O–H groups in total. The third kappa shape index (κ3) is 3.37. The van der Waals surface area contributed by atoms with Gasteiger partial charge in [0.1, 0.15) is 5.82 Å². The Morgan fingerprint density at radius 2 is 1.47 bits per heavy atom. The Kier molecular flexibility index (Phi) is 4.84. The Labute approximate surface area is 213 Å². The van der Waals surface area contributed by atoms with Crippen molar-refractivity contribution in [2.75, 3.05) is 7.05 Å². The zero-order valence-electron chi connectivity index (χ0n) is 19.7. The van der Waals surface area contributed by atoms with Crippen LogP contribution in [-0.4, -0.2) is 27.2 Å². The lowest BCUT2D eigenvalue weighted by atomic mass is 10.2. The Balaban J connectivity index is 1.31. The molecule has 1 aliphatic heterocycles. The van der Waals surface area contributed by atoms with E-state index in [0.29, 0.717) is 0 Å². The van der Waals surface area contributed by atoms with Gasteiger partial charge >= 0.3 is 6.01 Å². The van der Waals surface area contributed by atoms with Gasteiger partial charge in [0, 0.05) is 51.0 Å². The Hall–Kier alpha value is -4.44. The largest absolute Gasteiger partial charge is 0.496 e. The summed E-state index contributed by atoms with van der Waals surface area (Å²) in [6, 6.07) is 41.8. The standard InChI is InChI=1S/C31H22N4S/c1-33-21-34(29-14-5-4-13-28(29)33)22-9-8-10-23(19-22)36-24-16-17-26-25-11-2-3-12-27(25)35(30(26)20-24)31-15-6-7-18-32-31/h2-20H,1H3/q+2. The first-order valence-corrected chi connectivity index (χ1v) is 12.7. The van der Waals surface area contributed by atoms with Crippen molar-refractivity contribution in [1.29, 1.82) is 0 Å². The molecule has 2 aromatic heterocycles. The summed E-state index contributed by atoms with van der Waals surface area (Å²) < 4.78 is 6.42. The number of rotatable bonds is 4. The normalized spacial score (nSPS) is 12.6. The minimum atomic E-state index is 0.927. The van der Waals surface area contributed by atoms with E-state index in [4.69, 9.17) is 0 Å². The van der Waals surface area contributed by atoms with Crippen LogP contribution in [-0.2, 0) is 0 Å². The van der Waals surface area contributed by atoms with Gasteiger partial charge in [0.25, 0.3) is 11.4 Å². The Morgan fingerprint density at radius 3 is 2.36 bits per heavy atom. The Morgan fingerprint density at radius 1 is 0.694 bits per heavy atom. The SMILES string of the molecule is C[N+]1=C=[N+](c2cccc(Sc3ccc4c5ccccc5n(-c5ccccn5)c4c3)c2)c2ccccc21. The number of benzene rings is 4. The van der Waals surface area contributed by atoms with E-state index in [-0.39, 0.29) is 0 Å². The fourth-order valence-electron chi connectivity index (χ4n) is 4.96. The van der Waals surface area contributed by atoms with Gasteiger partial charge < -0.3 is 0 Å². The molecule has 0 amide bonds. The molecular weight excluding hydrogens is 460 g/mol. The van der Waals surface area contributed by atoms with Crippen LogP contribution in [0.15, 0.2) is 125 Å². The fraction of sp³-hybridized carbons (Fsp3) is 0.0323. The highest BCUT2D eigenvalue weighted by atomic mass is 32.2. The summed E-state index contributed by atoms with van der Waals surface area (Å²) in [6.07, 6.45) is 1.85. The monoisotopic (exact) mass is 482 g/mol. The average Bonchev–Trinajstić information content (AvgIpc) is 3.44. The van der Waals surface area contributed by atoms with Crippen molar-refractivity contribution in [2.45, 2.75) is 9.79 Å². The average molecular weight is 483 g/mol. The molecule has 5 heteroatoms. The van der Waals surface area contributed by atoms with Gasteiger partial charge in [-0.25, -0.2) is 4.98 Å². The van der Waals surface area contributed by atoms with Crippen LogP contribution >= 0.6 is 11.8 Å². The molecule has 0 aliphatic carbocycles. The molecule has 0 saturated carbocycles. The molecular formula is C31H22N4S+2. The van der Waals surface area contributed by atoms with Crippen LogP contribution in [0.3, 0.4) is 0 Å². The topological polar surface area (TPSA) is 23.8 Å². The highest BCUT2D eigenvalue weighted by molar-refractivity contribution is 7.99. The van der Waals surface area contributed by atoms with Crippen molar-refractivity contribution in [3.8, 4) is 5.82 Å². The smallest absolute Gasteiger partial charge is 0.294 e. The van der Waals surface area contributed by atoms with Crippen molar-refractivity contribution >= 4 is 56.6 Å². The van der Waals surface area contributed by atoms with Gasteiger partial charge in [-0.05, 0) is 41.0 Å². The number of fused-ring (bicyclic) bond motifs is 4.